The maximum atomic E-state index is 12.5. The highest BCUT2D eigenvalue weighted by molar-refractivity contribution is 7.89. The molecule has 0 spiro atoms. The fraction of sp³-hybridized carbons (Fsp3) is 0.500. The van der Waals surface area contributed by atoms with E-state index in [-0.39, 0.29) is 9.92 Å². The Hall–Kier alpha value is -0.330. The Morgan fingerprint density at radius 1 is 1.11 bits per heavy atom. The number of nitrogens with zero attached hydrogens (tertiary/aromatic N) is 2. The van der Waals surface area contributed by atoms with Gasteiger partial charge in [-0.25, -0.2) is 8.42 Å². The van der Waals surface area contributed by atoms with Gasteiger partial charge >= 0.3 is 0 Å². The summed E-state index contributed by atoms with van der Waals surface area (Å²) in [5, 5.41) is 0.269. The number of halogens is 2. The van der Waals surface area contributed by atoms with Crippen LogP contribution in [0.4, 0.5) is 0 Å². The van der Waals surface area contributed by atoms with E-state index in [1.807, 2.05) is 0 Å². The third-order valence-corrected chi connectivity index (χ3v) is 5.75. The van der Waals surface area contributed by atoms with Gasteiger partial charge in [-0.2, -0.15) is 4.31 Å². The summed E-state index contributed by atoms with van der Waals surface area (Å²) in [5.74, 6) is 0.567. The van der Waals surface area contributed by atoms with Gasteiger partial charge in [0.05, 0.1) is 5.02 Å². The predicted molar refractivity (Wildman–Crippen MR) is 77.4 cm³/mol. The third-order valence-electron chi connectivity index (χ3n) is 3.19. The summed E-state index contributed by atoms with van der Waals surface area (Å²) in [6.07, 6.45) is 0. The number of rotatable bonds is 4. The van der Waals surface area contributed by atoms with Gasteiger partial charge in [-0.05, 0) is 12.1 Å². The van der Waals surface area contributed by atoms with E-state index in [1.165, 1.54) is 4.31 Å². The lowest BCUT2D eigenvalue weighted by molar-refractivity contribution is 0.197. The molecule has 1 aliphatic rings. The van der Waals surface area contributed by atoms with Crippen LogP contribution in [0.1, 0.15) is 0 Å². The van der Waals surface area contributed by atoms with E-state index in [0.717, 1.165) is 6.54 Å². The van der Waals surface area contributed by atoms with Crippen molar-refractivity contribution in [2.75, 3.05) is 38.6 Å². The summed E-state index contributed by atoms with van der Waals surface area (Å²) < 4.78 is 26.4. The maximum absolute atomic E-state index is 12.5. The molecule has 1 saturated heterocycles. The number of hydrogen-bond acceptors (Lipinski definition) is 3. The predicted octanol–water partition coefficient (Wildman–Crippen LogP) is 1.89. The molecule has 0 atom stereocenters. The first-order valence-corrected chi connectivity index (χ1v) is 8.44. The van der Waals surface area contributed by atoms with Crippen LogP contribution < -0.4 is 0 Å². The summed E-state index contributed by atoms with van der Waals surface area (Å²) in [6, 6.07) is 6.54. The number of piperazine rings is 1. The fourth-order valence-corrected chi connectivity index (χ4v) is 4.26. The highest BCUT2D eigenvalue weighted by Gasteiger charge is 2.29. The molecule has 0 radical (unpaired) electrons. The Kier molecular flexibility index (Phi) is 5.09. The molecule has 4 nitrogen and oxygen atoms in total. The van der Waals surface area contributed by atoms with E-state index in [1.54, 1.807) is 24.3 Å². The number of sulfonamides is 1. The molecule has 0 saturated carbocycles. The van der Waals surface area contributed by atoms with Crippen LogP contribution in [0.25, 0.3) is 0 Å². The number of benzene rings is 1. The van der Waals surface area contributed by atoms with E-state index >= 15 is 0 Å². The minimum absolute atomic E-state index is 0.183. The fourth-order valence-electron chi connectivity index (χ4n) is 2.11. The van der Waals surface area contributed by atoms with Crippen molar-refractivity contribution < 1.29 is 8.42 Å². The molecule has 0 aromatic heterocycles. The van der Waals surface area contributed by atoms with E-state index in [4.69, 9.17) is 23.2 Å². The smallest absolute Gasteiger partial charge is 0.244 e. The second-order valence-corrected chi connectivity index (χ2v) is 7.06. The van der Waals surface area contributed by atoms with Crippen molar-refractivity contribution >= 4 is 33.2 Å². The van der Waals surface area contributed by atoms with Crippen LogP contribution in [-0.4, -0.2) is 56.2 Å². The van der Waals surface area contributed by atoms with Gasteiger partial charge in [0.2, 0.25) is 10.0 Å². The summed E-state index contributed by atoms with van der Waals surface area (Å²) in [5.41, 5.74) is 0. The van der Waals surface area contributed by atoms with Gasteiger partial charge in [-0.3, -0.25) is 4.90 Å². The Labute approximate surface area is 124 Å². The van der Waals surface area contributed by atoms with Crippen LogP contribution >= 0.6 is 23.2 Å². The van der Waals surface area contributed by atoms with E-state index in [9.17, 15) is 8.42 Å². The number of alkyl halides is 1. The van der Waals surface area contributed by atoms with Crippen LogP contribution in [0.5, 0.6) is 0 Å². The van der Waals surface area contributed by atoms with E-state index in [2.05, 4.69) is 4.90 Å². The monoisotopic (exact) mass is 322 g/mol. The van der Waals surface area contributed by atoms with Crippen LogP contribution in [-0.2, 0) is 10.0 Å². The lowest BCUT2D eigenvalue weighted by Crippen LogP contribution is -2.49. The summed E-state index contributed by atoms with van der Waals surface area (Å²) in [6.45, 7) is 3.16. The standard InChI is InChI=1S/C12H16Cl2N2O2S/c13-5-6-15-7-9-16(10-8-15)19(17,18)12-4-2-1-3-11(12)14/h1-4H,5-10H2. The molecule has 0 aliphatic carbocycles. The highest BCUT2D eigenvalue weighted by Crippen LogP contribution is 2.24. The summed E-state index contributed by atoms with van der Waals surface area (Å²) >= 11 is 11.7. The molecule has 0 bridgehead atoms. The molecule has 1 aromatic rings. The molecule has 1 heterocycles. The Morgan fingerprint density at radius 2 is 1.74 bits per heavy atom. The highest BCUT2D eigenvalue weighted by atomic mass is 35.5. The molecule has 1 fully saturated rings. The first-order chi connectivity index (χ1) is 9.05. The van der Waals surface area contributed by atoms with Crippen LogP contribution in [0, 0.1) is 0 Å². The lowest BCUT2D eigenvalue weighted by atomic mass is 10.4. The van der Waals surface area contributed by atoms with Gasteiger partial charge in [0, 0.05) is 38.6 Å². The zero-order valence-corrected chi connectivity index (χ0v) is 12.8. The van der Waals surface area contributed by atoms with Crippen molar-refractivity contribution in [3.63, 3.8) is 0 Å². The molecule has 19 heavy (non-hydrogen) atoms. The molecule has 0 amide bonds. The number of hydrogen-bond donors (Lipinski definition) is 0. The Balaban J connectivity index is 2.12. The molecule has 7 heteroatoms. The summed E-state index contributed by atoms with van der Waals surface area (Å²) in [7, 11) is -3.49. The van der Waals surface area contributed by atoms with Gasteiger partial charge < -0.3 is 0 Å². The van der Waals surface area contributed by atoms with Gasteiger partial charge in [-0.15, -0.1) is 11.6 Å². The van der Waals surface area contributed by atoms with Gasteiger partial charge in [0.25, 0.3) is 0 Å². The van der Waals surface area contributed by atoms with Gasteiger partial charge in [-0.1, -0.05) is 23.7 Å². The van der Waals surface area contributed by atoms with Crippen LogP contribution in [0.15, 0.2) is 29.2 Å². The van der Waals surface area contributed by atoms with Gasteiger partial charge in [0.1, 0.15) is 4.90 Å². The second-order valence-electron chi connectivity index (χ2n) is 4.37. The molecule has 1 aromatic carbocycles. The minimum Gasteiger partial charge on any atom is -0.300 e. The van der Waals surface area contributed by atoms with E-state index in [0.29, 0.717) is 32.1 Å². The van der Waals surface area contributed by atoms with E-state index < -0.39 is 10.0 Å². The quantitative estimate of drug-likeness (QED) is 0.795. The zero-order chi connectivity index (χ0) is 13.9. The molecular formula is C12H16Cl2N2O2S. The van der Waals surface area contributed by atoms with Crippen molar-refractivity contribution in [2.24, 2.45) is 0 Å². The SMILES string of the molecule is O=S(=O)(c1ccccc1Cl)N1CCN(CCCl)CC1. The van der Waals surface area contributed by atoms with Crippen LogP contribution in [0.2, 0.25) is 5.02 Å². The topological polar surface area (TPSA) is 40.6 Å². The molecule has 1 aliphatic heterocycles. The first-order valence-electron chi connectivity index (χ1n) is 6.08. The molecule has 0 unspecified atom stereocenters. The molecular weight excluding hydrogens is 307 g/mol. The Bertz CT molecular complexity index is 528. The third kappa shape index (κ3) is 3.41. The zero-order valence-electron chi connectivity index (χ0n) is 10.4. The Morgan fingerprint density at radius 3 is 2.32 bits per heavy atom. The van der Waals surface area contributed by atoms with Crippen molar-refractivity contribution in [1.29, 1.82) is 0 Å². The van der Waals surface area contributed by atoms with Crippen molar-refractivity contribution in [2.45, 2.75) is 4.90 Å². The average Bonchev–Trinajstić information content (AvgIpc) is 2.40. The normalized spacial score (nSPS) is 18.6. The van der Waals surface area contributed by atoms with Gasteiger partial charge in [0.15, 0.2) is 0 Å². The minimum atomic E-state index is -3.49. The second kappa shape index (κ2) is 6.41. The van der Waals surface area contributed by atoms with Crippen LogP contribution in [0.3, 0.4) is 0 Å². The first kappa shape index (κ1) is 15.1. The average molecular weight is 323 g/mol. The molecule has 0 N–H and O–H groups in total. The maximum Gasteiger partial charge on any atom is 0.244 e. The van der Waals surface area contributed by atoms with Crippen molar-refractivity contribution in [3.05, 3.63) is 29.3 Å². The van der Waals surface area contributed by atoms with Crippen molar-refractivity contribution in [3.8, 4) is 0 Å². The molecule has 106 valence electrons. The van der Waals surface area contributed by atoms with Crippen molar-refractivity contribution in [1.82, 2.24) is 9.21 Å². The molecule has 2 rings (SSSR count). The largest absolute Gasteiger partial charge is 0.300 e. The summed E-state index contributed by atoms with van der Waals surface area (Å²) in [4.78, 5) is 2.34. The lowest BCUT2D eigenvalue weighted by Gasteiger charge is -2.33.